The van der Waals surface area contributed by atoms with Gasteiger partial charge in [0.05, 0.1) is 23.8 Å². The number of ether oxygens (including phenoxy) is 2. The number of hydrogen-bond donors (Lipinski definition) is 0. The van der Waals surface area contributed by atoms with Crippen LogP contribution in [0.5, 0.6) is 5.75 Å². The first-order chi connectivity index (χ1) is 17.3. The average molecular weight is 466 g/mol. The molecule has 1 aliphatic carbocycles. The van der Waals surface area contributed by atoms with E-state index in [4.69, 9.17) is 14.6 Å². The molecule has 0 spiro atoms. The van der Waals surface area contributed by atoms with Gasteiger partial charge in [-0.15, -0.1) is 0 Å². The van der Waals surface area contributed by atoms with Crippen molar-refractivity contribution in [2.45, 2.75) is 57.6 Å². The van der Waals surface area contributed by atoms with E-state index < -0.39 is 0 Å². The van der Waals surface area contributed by atoms with Gasteiger partial charge in [0.1, 0.15) is 11.4 Å². The van der Waals surface area contributed by atoms with Gasteiger partial charge in [0.2, 0.25) is 0 Å². The molecule has 0 radical (unpaired) electrons. The van der Waals surface area contributed by atoms with E-state index in [1.807, 2.05) is 22.9 Å². The number of fused-ring (bicyclic) bond motifs is 2. The minimum Gasteiger partial charge on any atom is -0.494 e. The normalized spacial score (nSPS) is 18.8. The summed E-state index contributed by atoms with van der Waals surface area (Å²) in [4.78, 5) is 0. The Morgan fingerprint density at radius 3 is 2.60 bits per heavy atom. The summed E-state index contributed by atoms with van der Waals surface area (Å²) in [5, 5.41) is 17.8. The number of nitrogens with zero attached hydrogens (tertiary/aromatic N) is 3. The van der Waals surface area contributed by atoms with E-state index in [0.29, 0.717) is 5.56 Å². The molecule has 1 aromatic heterocycles. The van der Waals surface area contributed by atoms with Gasteiger partial charge < -0.3 is 9.47 Å². The third-order valence-electron chi connectivity index (χ3n) is 7.62. The maximum atomic E-state index is 9.49. The molecule has 5 nitrogen and oxygen atoms in total. The van der Waals surface area contributed by atoms with Crippen molar-refractivity contribution in [2.75, 3.05) is 13.2 Å². The zero-order chi connectivity index (χ0) is 23.6. The fraction of sp³-hybridized carbons (Fsp3) is 0.400. The van der Waals surface area contributed by atoms with E-state index in [1.54, 1.807) is 0 Å². The van der Waals surface area contributed by atoms with E-state index in [-0.39, 0.29) is 6.23 Å². The average Bonchev–Trinajstić information content (AvgIpc) is 3.56. The van der Waals surface area contributed by atoms with Crippen LogP contribution in [0.2, 0.25) is 0 Å². The van der Waals surface area contributed by atoms with Gasteiger partial charge in [0, 0.05) is 17.6 Å². The van der Waals surface area contributed by atoms with Crippen LogP contribution in [0.15, 0.2) is 54.6 Å². The summed E-state index contributed by atoms with van der Waals surface area (Å²) in [7, 11) is 0. The summed E-state index contributed by atoms with van der Waals surface area (Å²) in [6.45, 7) is 1.56. The van der Waals surface area contributed by atoms with Gasteiger partial charge in [0.25, 0.3) is 0 Å². The molecule has 2 fully saturated rings. The lowest BCUT2D eigenvalue weighted by Gasteiger charge is -2.23. The quantitative estimate of drug-likeness (QED) is 0.298. The topological polar surface area (TPSA) is 60.1 Å². The molecule has 0 N–H and O–H groups in total. The van der Waals surface area contributed by atoms with Crippen LogP contribution < -0.4 is 4.74 Å². The Labute approximate surface area is 206 Å². The fourth-order valence-corrected chi connectivity index (χ4v) is 5.66. The maximum Gasteiger partial charge on any atom is 0.150 e. The van der Waals surface area contributed by atoms with Crippen LogP contribution in [0.25, 0.3) is 32.9 Å². The second kappa shape index (κ2) is 9.71. The summed E-state index contributed by atoms with van der Waals surface area (Å²) >= 11 is 0. The molecule has 0 amide bonds. The van der Waals surface area contributed by atoms with Crippen LogP contribution in [-0.2, 0) is 4.74 Å². The summed E-state index contributed by atoms with van der Waals surface area (Å²) in [6, 6.07) is 20.9. The van der Waals surface area contributed by atoms with E-state index in [0.717, 1.165) is 83.5 Å². The molecule has 178 valence electrons. The van der Waals surface area contributed by atoms with Gasteiger partial charge in [-0.3, -0.25) is 0 Å². The Bertz CT molecular complexity index is 1390. The third-order valence-corrected chi connectivity index (χ3v) is 7.62. The molecule has 6 rings (SSSR count). The number of hydrogen-bond acceptors (Lipinski definition) is 4. The van der Waals surface area contributed by atoms with Crippen LogP contribution in [0, 0.1) is 17.2 Å². The van der Waals surface area contributed by atoms with Crippen LogP contribution in [0.3, 0.4) is 0 Å². The summed E-state index contributed by atoms with van der Waals surface area (Å²) in [5.41, 5.74) is 3.59. The van der Waals surface area contributed by atoms with Gasteiger partial charge in [-0.25, -0.2) is 4.68 Å². The molecule has 1 atom stereocenters. The highest BCUT2D eigenvalue weighted by atomic mass is 16.5. The van der Waals surface area contributed by atoms with Gasteiger partial charge in [-0.2, -0.15) is 10.4 Å². The van der Waals surface area contributed by atoms with Gasteiger partial charge >= 0.3 is 0 Å². The lowest BCUT2D eigenvalue weighted by Crippen LogP contribution is -2.19. The molecular weight excluding hydrogens is 434 g/mol. The van der Waals surface area contributed by atoms with E-state index in [2.05, 4.69) is 42.5 Å². The van der Waals surface area contributed by atoms with E-state index in [1.165, 1.54) is 25.7 Å². The Kier molecular flexibility index (Phi) is 6.14. The van der Waals surface area contributed by atoms with Crippen LogP contribution in [-0.4, -0.2) is 23.0 Å². The summed E-state index contributed by atoms with van der Waals surface area (Å²) < 4.78 is 14.1. The van der Waals surface area contributed by atoms with Gasteiger partial charge in [0.15, 0.2) is 6.23 Å². The van der Waals surface area contributed by atoms with Crippen molar-refractivity contribution in [3.8, 4) is 23.1 Å². The zero-order valence-electron chi connectivity index (χ0n) is 20.1. The molecule has 1 saturated heterocycles. The van der Waals surface area contributed by atoms with Crippen molar-refractivity contribution in [1.82, 2.24) is 9.78 Å². The van der Waals surface area contributed by atoms with Crippen molar-refractivity contribution >= 4 is 21.7 Å². The Morgan fingerprint density at radius 1 is 0.943 bits per heavy atom. The highest BCUT2D eigenvalue weighted by Gasteiger charge is 2.22. The second-order valence-electron chi connectivity index (χ2n) is 9.97. The van der Waals surface area contributed by atoms with Crippen molar-refractivity contribution in [1.29, 1.82) is 5.26 Å². The smallest absolute Gasteiger partial charge is 0.150 e. The van der Waals surface area contributed by atoms with Gasteiger partial charge in [-0.05, 0) is 78.8 Å². The molecule has 1 unspecified atom stereocenters. The number of benzene rings is 3. The predicted octanol–water partition coefficient (Wildman–Crippen LogP) is 7.39. The van der Waals surface area contributed by atoms with Crippen molar-refractivity contribution in [3.63, 3.8) is 0 Å². The van der Waals surface area contributed by atoms with Crippen LogP contribution in [0.1, 0.15) is 63.2 Å². The lowest BCUT2D eigenvalue weighted by atomic mass is 10.0. The number of aromatic nitrogens is 2. The largest absolute Gasteiger partial charge is 0.494 e. The van der Waals surface area contributed by atoms with Crippen LogP contribution in [0.4, 0.5) is 0 Å². The zero-order valence-corrected chi connectivity index (χ0v) is 20.1. The SMILES string of the molecule is N#Cc1ccc2c(c1)c(-c1ccc3cc(OCCC4CCCC4)ccc3c1)nn2C1CCCCO1. The van der Waals surface area contributed by atoms with Crippen molar-refractivity contribution in [3.05, 3.63) is 60.2 Å². The molecule has 35 heavy (non-hydrogen) atoms. The first kappa shape index (κ1) is 22.1. The van der Waals surface area contributed by atoms with Crippen LogP contribution >= 0.6 is 0 Å². The highest BCUT2D eigenvalue weighted by molar-refractivity contribution is 5.97. The minimum atomic E-state index is -0.0580. The maximum absolute atomic E-state index is 9.49. The summed E-state index contributed by atoms with van der Waals surface area (Å²) in [5.74, 6) is 1.78. The number of rotatable bonds is 6. The molecule has 2 aliphatic rings. The predicted molar refractivity (Wildman–Crippen MR) is 138 cm³/mol. The fourth-order valence-electron chi connectivity index (χ4n) is 5.66. The van der Waals surface area contributed by atoms with Gasteiger partial charge in [-0.1, -0.05) is 43.9 Å². The molecular formula is C30H31N3O2. The summed E-state index contributed by atoms with van der Waals surface area (Å²) in [6.07, 6.45) is 9.76. The van der Waals surface area contributed by atoms with E-state index in [9.17, 15) is 5.26 Å². The Hall–Kier alpha value is -3.36. The van der Waals surface area contributed by atoms with Crippen molar-refractivity contribution < 1.29 is 9.47 Å². The Morgan fingerprint density at radius 2 is 1.77 bits per heavy atom. The standard InChI is InChI=1S/C30H31N3O2/c31-20-22-8-13-28-27(17-22)30(32-33(28)29-7-3-4-15-35-29)25-10-9-24-19-26(12-11-23(24)18-25)34-16-14-21-5-1-2-6-21/h8-13,17-19,21,29H,1-7,14-16H2. The molecule has 2 heterocycles. The monoisotopic (exact) mass is 465 g/mol. The Balaban J connectivity index is 1.31. The molecule has 3 aromatic carbocycles. The van der Waals surface area contributed by atoms with E-state index >= 15 is 0 Å². The molecule has 5 heteroatoms. The number of nitriles is 1. The molecule has 4 aromatic rings. The van der Waals surface area contributed by atoms with Crippen molar-refractivity contribution in [2.24, 2.45) is 5.92 Å². The third kappa shape index (κ3) is 4.51. The lowest BCUT2D eigenvalue weighted by molar-refractivity contribution is -0.0365. The molecule has 1 aliphatic heterocycles. The second-order valence-corrected chi connectivity index (χ2v) is 9.97. The first-order valence-electron chi connectivity index (χ1n) is 13.0. The minimum absolute atomic E-state index is 0.0580. The first-order valence-corrected chi connectivity index (χ1v) is 13.0. The highest BCUT2D eigenvalue weighted by Crippen LogP contribution is 2.35. The molecule has 0 bridgehead atoms. The molecule has 1 saturated carbocycles.